The average Bonchev–Trinajstić information content (AvgIpc) is 3.70. The molecule has 0 saturated carbocycles. The van der Waals surface area contributed by atoms with Crippen molar-refractivity contribution in [2.45, 2.75) is 37.6 Å². The molecule has 2 N–H and O–H groups in total. The van der Waals surface area contributed by atoms with E-state index in [2.05, 4.69) is 27.0 Å². The van der Waals surface area contributed by atoms with Crippen LogP contribution in [0.15, 0.2) is 70.7 Å². The maximum atomic E-state index is 14.4. The highest BCUT2D eigenvalue weighted by atomic mass is 32.2. The fourth-order valence-electron chi connectivity index (χ4n) is 6.71. The monoisotopic (exact) mass is 652 g/mol. The molecular formula is C35H33FN6O4S. The van der Waals surface area contributed by atoms with E-state index in [1.807, 2.05) is 25.1 Å². The Bertz CT molecular complexity index is 2110. The molecule has 8 rings (SSSR count). The van der Waals surface area contributed by atoms with Gasteiger partial charge in [0.2, 0.25) is 10.0 Å². The molecule has 4 aliphatic rings. The molecule has 0 spiro atoms. The number of imidazole rings is 1. The maximum absolute atomic E-state index is 14.4. The van der Waals surface area contributed by atoms with Crippen LogP contribution in [0, 0.1) is 5.82 Å². The molecule has 0 radical (unpaired) electrons. The van der Waals surface area contributed by atoms with Crippen molar-refractivity contribution in [3.63, 3.8) is 0 Å². The highest BCUT2D eigenvalue weighted by Crippen LogP contribution is 2.43. The number of morpholine rings is 1. The van der Waals surface area contributed by atoms with E-state index in [-0.39, 0.29) is 17.2 Å². The van der Waals surface area contributed by atoms with E-state index in [4.69, 9.17) is 14.7 Å². The van der Waals surface area contributed by atoms with Crippen LogP contribution < -0.4 is 4.90 Å². The van der Waals surface area contributed by atoms with Gasteiger partial charge in [0.15, 0.2) is 11.6 Å². The van der Waals surface area contributed by atoms with E-state index in [1.54, 1.807) is 12.1 Å². The number of anilines is 1. The Morgan fingerprint density at radius 3 is 2.70 bits per heavy atom. The van der Waals surface area contributed by atoms with Gasteiger partial charge < -0.3 is 19.7 Å². The van der Waals surface area contributed by atoms with Gasteiger partial charge in [0.1, 0.15) is 16.5 Å². The number of phenolic OH excluding ortho intramolecular Hbond substituents is 1. The van der Waals surface area contributed by atoms with E-state index in [9.17, 15) is 17.9 Å². The molecule has 0 bridgehead atoms. The molecule has 0 atom stereocenters. The molecule has 10 nitrogen and oxygen atoms in total. The van der Waals surface area contributed by atoms with Crippen molar-refractivity contribution in [1.82, 2.24) is 19.3 Å². The summed E-state index contributed by atoms with van der Waals surface area (Å²) in [6, 6.07) is 12.2. The SMILES string of the molecule is CCc1cc(O)c(F)cc1-c1ccc2c(c1)C1=CC(c3nc4c([nH]3)CN(S(=O)(=O)c3ccc(N5CCOCC5)nc3)CC4)=CCC1=N2. The predicted octanol–water partition coefficient (Wildman–Crippen LogP) is 5.42. The van der Waals surface area contributed by atoms with Gasteiger partial charge in [-0.25, -0.2) is 22.8 Å². The second-order valence-electron chi connectivity index (χ2n) is 12.1. The zero-order chi connectivity index (χ0) is 32.3. The van der Waals surface area contributed by atoms with Crippen LogP contribution in [-0.2, 0) is 34.1 Å². The second-order valence-corrected chi connectivity index (χ2v) is 14.0. The first kappa shape index (κ1) is 29.7. The largest absolute Gasteiger partial charge is 0.505 e. The minimum atomic E-state index is -3.75. The number of aryl methyl sites for hydroxylation is 1. The summed E-state index contributed by atoms with van der Waals surface area (Å²) in [6.07, 6.45) is 7.36. The Hall–Kier alpha value is -4.65. The summed E-state index contributed by atoms with van der Waals surface area (Å²) in [5.74, 6) is 0.439. The molecule has 3 aliphatic heterocycles. The number of H-pyrrole nitrogens is 1. The van der Waals surface area contributed by atoms with Crippen LogP contribution in [0.1, 0.15) is 41.7 Å². The number of nitrogens with one attached hydrogen (secondary N) is 1. The first-order valence-corrected chi connectivity index (χ1v) is 17.3. The molecule has 47 heavy (non-hydrogen) atoms. The summed E-state index contributed by atoms with van der Waals surface area (Å²) in [4.78, 5) is 19.8. The van der Waals surface area contributed by atoms with Gasteiger partial charge in [-0.2, -0.15) is 4.31 Å². The van der Waals surface area contributed by atoms with Gasteiger partial charge in [0.05, 0.1) is 42.5 Å². The number of hydrogen-bond acceptors (Lipinski definition) is 8. The quantitative estimate of drug-likeness (QED) is 0.285. The van der Waals surface area contributed by atoms with Crippen LogP contribution in [0.2, 0.25) is 0 Å². The standard InChI is InChI=1S/C35H33FN6O4S/c1-2-21-17-33(43)28(36)18-25(21)22-3-6-29-26(15-22)27-16-23(4-7-30(27)38-29)35-39-31-9-10-42(20-32(31)40-35)47(44,45)24-5-8-34(37-19-24)41-11-13-46-14-12-41/h3-6,8,15-19,43H,2,7,9-14,20H2,1H3,(H,39,40). The number of nitrogens with zero attached hydrogens (tertiary/aromatic N) is 5. The third kappa shape index (κ3) is 5.26. The third-order valence-electron chi connectivity index (χ3n) is 9.30. The number of ether oxygens (including phenoxy) is 1. The molecule has 2 aromatic heterocycles. The van der Waals surface area contributed by atoms with Crippen molar-refractivity contribution in [2.75, 3.05) is 37.7 Å². The summed E-state index contributed by atoms with van der Waals surface area (Å²) >= 11 is 0. The number of fused-ring (bicyclic) bond motifs is 4. The first-order valence-electron chi connectivity index (χ1n) is 15.8. The topological polar surface area (TPSA) is 124 Å². The molecule has 12 heteroatoms. The number of aromatic hydroxyl groups is 1. The lowest BCUT2D eigenvalue weighted by Gasteiger charge is -2.28. The van der Waals surface area contributed by atoms with Gasteiger partial charge in [-0.15, -0.1) is 0 Å². The van der Waals surface area contributed by atoms with E-state index < -0.39 is 15.8 Å². The van der Waals surface area contributed by atoms with Crippen LogP contribution in [0.25, 0.3) is 22.3 Å². The number of halogens is 1. The molecule has 1 fully saturated rings. The molecule has 240 valence electrons. The number of sulfonamides is 1. The Morgan fingerprint density at radius 1 is 1.06 bits per heavy atom. The second kappa shape index (κ2) is 11.5. The molecular weight excluding hydrogens is 619 g/mol. The number of benzene rings is 2. The van der Waals surface area contributed by atoms with E-state index in [0.717, 1.165) is 75.1 Å². The number of allylic oxidation sites excluding steroid dienone is 4. The van der Waals surface area contributed by atoms with Crippen LogP contribution >= 0.6 is 0 Å². The van der Waals surface area contributed by atoms with Gasteiger partial charge in [-0.05, 0) is 65.6 Å². The molecule has 1 saturated heterocycles. The number of aromatic amines is 1. The lowest BCUT2D eigenvalue weighted by atomic mass is 9.90. The normalized spacial score (nSPS) is 17.8. The Morgan fingerprint density at radius 2 is 1.91 bits per heavy atom. The average molecular weight is 653 g/mol. The van der Waals surface area contributed by atoms with Gasteiger partial charge in [0.25, 0.3) is 0 Å². The summed E-state index contributed by atoms with van der Waals surface area (Å²) in [7, 11) is -3.75. The van der Waals surface area contributed by atoms with Crippen LogP contribution in [-0.4, -0.2) is 71.3 Å². The number of rotatable bonds is 6. The van der Waals surface area contributed by atoms with Gasteiger partial charge in [-0.3, -0.25) is 4.99 Å². The number of hydrogen-bond donors (Lipinski definition) is 2. The lowest BCUT2D eigenvalue weighted by Crippen LogP contribution is -2.37. The molecule has 4 aromatic rings. The minimum absolute atomic E-state index is 0.171. The van der Waals surface area contributed by atoms with Crippen molar-refractivity contribution in [3.8, 4) is 16.9 Å². The molecule has 1 aliphatic carbocycles. The van der Waals surface area contributed by atoms with Crippen LogP contribution in [0.4, 0.5) is 15.9 Å². The molecule has 5 heterocycles. The number of aliphatic imine (C=N–C) groups is 1. The molecule has 0 amide bonds. The zero-order valence-electron chi connectivity index (χ0n) is 25.8. The van der Waals surface area contributed by atoms with E-state index in [1.165, 1.54) is 22.6 Å². The van der Waals surface area contributed by atoms with Crippen molar-refractivity contribution in [3.05, 3.63) is 95.0 Å². The van der Waals surface area contributed by atoms with Crippen LogP contribution in [0.3, 0.4) is 0 Å². The predicted molar refractivity (Wildman–Crippen MR) is 178 cm³/mol. The summed E-state index contributed by atoms with van der Waals surface area (Å²) in [5.41, 5.74) is 8.77. The summed E-state index contributed by atoms with van der Waals surface area (Å²) < 4.78 is 48.4. The van der Waals surface area contributed by atoms with Gasteiger partial charge in [-0.1, -0.05) is 19.1 Å². The maximum Gasteiger partial charge on any atom is 0.244 e. The van der Waals surface area contributed by atoms with Crippen molar-refractivity contribution in [2.24, 2.45) is 4.99 Å². The Kier molecular flexibility index (Phi) is 7.31. The molecule has 0 unspecified atom stereocenters. The van der Waals surface area contributed by atoms with Gasteiger partial charge in [0, 0.05) is 55.4 Å². The van der Waals surface area contributed by atoms with Crippen molar-refractivity contribution in [1.29, 1.82) is 0 Å². The van der Waals surface area contributed by atoms with Crippen molar-refractivity contribution < 1.29 is 22.7 Å². The van der Waals surface area contributed by atoms with E-state index in [0.29, 0.717) is 44.8 Å². The number of phenols is 1. The Labute approximate surface area is 272 Å². The molecule has 2 aromatic carbocycles. The van der Waals surface area contributed by atoms with E-state index >= 15 is 0 Å². The summed E-state index contributed by atoms with van der Waals surface area (Å²) in [5, 5.41) is 9.91. The first-order chi connectivity index (χ1) is 22.8. The number of aromatic nitrogens is 3. The smallest absolute Gasteiger partial charge is 0.244 e. The lowest BCUT2D eigenvalue weighted by molar-refractivity contribution is 0.122. The van der Waals surface area contributed by atoms with Gasteiger partial charge >= 0.3 is 0 Å². The summed E-state index contributed by atoms with van der Waals surface area (Å²) in [6.45, 7) is 5.22. The minimum Gasteiger partial charge on any atom is -0.505 e. The third-order valence-corrected chi connectivity index (χ3v) is 11.1. The Balaban J connectivity index is 1.03. The highest BCUT2D eigenvalue weighted by Gasteiger charge is 2.32. The number of pyridine rings is 1. The fourth-order valence-corrected chi connectivity index (χ4v) is 8.07. The van der Waals surface area contributed by atoms with Crippen LogP contribution in [0.5, 0.6) is 5.75 Å². The zero-order valence-corrected chi connectivity index (χ0v) is 26.6. The highest BCUT2D eigenvalue weighted by molar-refractivity contribution is 7.89. The van der Waals surface area contributed by atoms with Crippen molar-refractivity contribution >= 4 is 38.4 Å². The fraction of sp³-hybridized carbons (Fsp3) is 0.286.